The number of nitrogens with zero attached hydrogens (tertiary/aromatic N) is 1. The van der Waals surface area contributed by atoms with Crippen molar-refractivity contribution in [2.45, 2.75) is 59.2 Å². The molecule has 2 atom stereocenters. The highest BCUT2D eigenvalue weighted by molar-refractivity contribution is 6.33. The topological polar surface area (TPSA) is 15.3 Å². The Bertz CT molecular complexity index is 445. The molecule has 1 heterocycles. The van der Waals surface area contributed by atoms with E-state index in [0.29, 0.717) is 12.1 Å². The first-order valence-corrected chi connectivity index (χ1v) is 8.13. The van der Waals surface area contributed by atoms with Gasteiger partial charge in [-0.1, -0.05) is 38.4 Å². The molecule has 0 bridgehead atoms. The smallest absolute Gasteiger partial charge is 0.0642 e. The molecule has 1 fully saturated rings. The van der Waals surface area contributed by atoms with Crippen LogP contribution in [0.15, 0.2) is 18.2 Å². The van der Waals surface area contributed by atoms with Gasteiger partial charge in [0.1, 0.15) is 0 Å². The quantitative estimate of drug-likeness (QED) is 0.882. The Morgan fingerprint density at radius 2 is 2.10 bits per heavy atom. The highest BCUT2D eigenvalue weighted by Crippen LogP contribution is 2.33. The number of hydrogen-bond donors (Lipinski definition) is 1. The first kappa shape index (κ1) is 15.7. The van der Waals surface area contributed by atoms with Gasteiger partial charge in [0.15, 0.2) is 0 Å². The van der Waals surface area contributed by atoms with E-state index in [-0.39, 0.29) is 0 Å². The summed E-state index contributed by atoms with van der Waals surface area (Å²) < 4.78 is 0. The molecule has 0 saturated carbocycles. The van der Waals surface area contributed by atoms with Gasteiger partial charge in [-0.25, -0.2) is 0 Å². The molecule has 1 N–H and O–H groups in total. The van der Waals surface area contributed by atoms with Gasteiger partial charge in [-0.3, -0.25) is 0 Å². The molecular weight excluding hydrogens is 268 g/mol. The fourth-order valence-corrected chi connectivity index (χ4v) is 3.29. The SMILES string of the molecule is CC1CCN(c2ccc(CNC(C)C)cc2Cl)C(C)C1. The summed E-state index contributed by atoms with van der Waals surface area (Å²) in [7, 11) is 0. The third-order valence-corrected chi connectivity index (χ3v) is 4.48. The molecule has 2 unspecified atom stereocenters. The van der Waals surface area contributed by atoms with Gasteiger partial charge in [0.2, 0.25) is 0 Å². The van der Waals surface area contributed by atoms with E-state index in [0.717, 1.165) is 24.0 Å². The number of nitrogens with one attached hydrogen (secondary N) is 1. The number of halogens is 1. The molecule has 2 rings (SSSR count). The van der Waals surface area contributed by atoms with Gasteiger partial charge in [0.05, 0.1) is 10.7 Å². The molecular formula is C17H27ClN2. The van der Waals surface area contributed by atoms with Crippen LogP contribution < -0.4 is 10.2 Å². The molecule has 0 spiro atoms. The molecule has 1 aliphatic rings. The predicted octanol–water partition coefficient (Wildman–Crippen LogP) is 4.46. The second-order valence-electron chi connectivity index (χ2n) is 6.49. The van der Waals surface area contributed by atoms with Gasteiger partial charge in [0, 0.05) is 25.2 Å². The highest BCUT2D eigenvalue weighted by Gasteiger charge is 2.24. The zero-order chi connectivity index (χ0) is 14.7. The van der Waals surface area contributed by atoms with Crippen molar-refractivity contribution in [3.05, 3.63) is 28.8 Å². The van der Waals surface area contributed by atoms with E-state index in [1.165, 1.54) is 24.1 Å². The van der Waals surface area contributed by atoms with Crippen LogP contribution in [0.1, 0.15) is 46.1 Å². The molecule has 1 aliphatic heterocycles. The third kappa shape index (κ3) is 3.89. The summed E-state index contributed by atoms with van der Waals surface area (Å²) in [5.74, 6) is 0.828. The molecule has 1 aromatic rings. The molecule has 0 radical (unpaired) electrons. The summed E-state index contributed by atoms with van der Waals surface area (Å²) >= 11 is 6.51. The van der Waals surface area contributed by atoms with Crippen LogP contribution in [0.4, 0.5) is 5.69 Å². The summed E-state index contributed by atoms with van der Waals surface area (Å²) in [5, 5.41) is 4.31. The standard InChI is InChI=1S/C17H27ClN2/c1-12(2)19-11-15-5-6-17(16(18)10-15)20-8-7-13(3)9-14(20)4/h5-6,10,12-14,19H,7-9,11H2,1-4H3. The zero-order valence-electron chi connectivity index (χ0n) is 13.1. The minimum Gasteiger partial charge on any atom is -0.368 e. The van der Waals surface area contributed by atoms with Gasteiger partial charge in [-0.05, 0) is 43.4 Å². The summed E-state index contributed by atoms with van der Waals surface area (Å²) in [6, 6.07) is 7.57. The summed E-state index contributed by atoms with van der Waals surface area (Å²) in [6.45, 7) is 11.0. The minimum atomic E-state index is 0.497. The fraction of sp³-hybridized carbons (Fsp3) is 0.647. The lowest BCUT2D eigenvalue weighted by Gasteiger charge is -2.38. The van der Waals surface area contributed by atoms with E-state index >= 15 is 0 Å². The third-order valence-electron chi connectivity index (χ3n) is 4.17. The molecule has 0 aliphatic carbocycles. The van der Waals surface area contributed by atoms with Crippen molar-refractivity contribution < 1.29 is 0 Å². The maximum atomic E-state index is 6.51. The highest BCUT2D eigenvalue weighted by atomic mass is 35.5. The minimum absolute atomic E-state index is 0.497. The molecule has 0 amide bonds. The first-order valence-electron chi connectivity index (χ1n) is 7.75. The summed E-state index contributed by atoms with van der Waals surface area (Å²) in [4.78, 5) is 2.46. The molecule has 3 heteroatoms. The molecule has 0 aromatic heterocycles. The van der Waals surface area contributed by atoms with Crippen molar-refractivity contribution in [1.29, 1.82) is 0 Å². The maximum absolute atomic E-state index is 6.51. The number of hydrogen-bond acceptors (Lipinski definition) is 2. The summed E-state index contributed by atoms with van der Waals surface area (Å²) in [6.07, 6.45) is 2.52. The van der Waals surface area contributed by atoms with Gasteiger partial charge >= 0.3 is 0 Å². The van der Waals surface area contributed by atoms with Crippen LogP contribution in [0.3, 0.4) is 0 Å². The molecule has 1 aromatic carbocycles. The van der Waals surface area contributed by atoms with Gasteiger partial charge in [-0.2, -0.15) is 0 Å². The van der Waals surface area contributed by atoms with Crippen molar-refractivity contribution >= 4 is 17.3 Å². The van der Waals surface area contributed by atoms with Crippen molar-refractivity contribution in [1.82, 2.24) is 5.32 Å². The normalized spacial score (nSPS) is 23.4. The van der Waals surface area contributed by atoms with Crippen LogP contribution in [0.5, 0.6) is 0 Å². The van der Waals surface area contributed by atoms with Crippen LogP contribution >= 0.6 is 11.6 Å². The molecule has 112 valence electrons. The zero-order valence-corrected chi connectivity index (χ0v) is 13.9. The maximum Gasteiger partial charge on any atom is 0.0642 e. The van der Waals surface area contributed by atoms with Crippen LogP contribution in [-0.4, -0.2) is 18.6 Å². The van der Waals surface area contributed by atoms with E-state index in [2.05, 4.69) is 56.1 Å². The Kier molecular flexibility index (Phi) is 5.34. The average Bonchev–Trinajstić information content (AvgIpc) is 2.37. The Morgan fingerprint density at radius 1 is 1.35 bits per heavy atom. The van der Waals surface area contributed by atoms with E-state index < -0.39 is 0 Å². The van der Waals surface area contributed by atoms with E-state index in [9.17, 15) is 0 Å². The molecule has 1 saturated heterocycles. The van der Waals surface area contributed by atoms with Crippen LogP contribution in [-0.2, 0) is 6.54 Å². The Labute approximate surface area is 128 Å². The second-order valence-corrected chi connectivity index (χ2v) is 6.90. The van der Waals surface area contributed by atoms with Crippen molar-refractivity contribution in [2.24, 2.45) is 5.92 Å². The lowest BCUT2D eigenvalue weighted by Crippen LogP contribution is -2.40. The van der Waals surface area contributed by atoms with Crippen molar-refractivity contribution in [2.75, 3.05) is 11.4 Å². The number of piperidine rings is 1. The van der Waals surface area contributed by atoms with Crippen LogP contribution in [0, 0.1) is 5.92 Å². The molecule has 20 heavy (non-hydrogen) atoms. The van der Waals surface area contributed by atoms with E-state index in [4.69, 9.17) is 11.6 Å². The average molecular weight is 295 g/mol. The van der Waals surface area contributed by atoms with Crippen molar-refractivity contribution in [3.63, 3.8) is 0 Å². The first-order chi connectivity index (χ1) is 9.47. The predicted molar refractivity (Wildman–Crippen MR) is 88.6 cm³/mol. The number of benzene rings is 1. The number of rotatable bonds is 4. The Hall–Kier alpha value is -0.730. The van der Waals surface area contributed by atoms with Crippen LogP contribution in [0.25, 0.3) is 0 Å². The fourth-order valence-electron chi connectivity index (χ4n) is 2.98. The van der Waals surface area contributed by atoms with Gasteiger partial charge in [0.25, 0.3) is 0 Å². The molecule has 2 nitrogen and oxygen atoms in total. The lowest BCUT2D eigenvalue weighted by molar-refractivity contribution is 0.378. The lowest BCUT2D eigenvalue weighted by atomic mass is 9.93. The van der Waals surface area contributed by atoms with Gasteiger partial charge in [-0.15, -0.1) is 0 Å². The summed E-state index contributed by atoms with van der Waals surface area (Å²) in [5.41, 5.74) is 2.45. The van der Waals surface area contributed by atoms with Crippen LogP contribution in [0.2, 0.25) is 5.02 Å². The van der Waals surface area contributed by atoms with Crippen molar-refractivity contribution in [3.8, 4) is 0 Å². The van der Waals surface area contributed by atoms with E-state index in [1.807, 2.05) is 0 Å². The largest absolute Gasteiger partial charge is 0.368 e. The van der Waals surface area contributed by atoms with E-state index in [1.54, 1.807) is 0 Å². The Morgan fingerprint density at radius 3 is 2.70 bits per heavy atom. The number of anilines is 1. The second kappa shape index (κ2) is 6.82. The Balaban J connectivity index is 2.09. The monoisotopic (exact) mass is 294 g/mol. The van der Waals surface area contributed by atoms with Gasteiger partial charge < -0.3 is 10.2 Å².